The van der Waals surface area contributed by atoms with E-state index in [0.717, 1.165) is 36.4 Å². The average Bonchev–Trinajstić information content (AvgIpc) is 3.43. The van der Waals surface area contributed by atoms with E-state index < -0.39 is 38.8 Å². The smallest absolute Gasteiger partial charge is 0.339 e. The van der Waals surface area contributed by atoms with E-state index in [1.54, 1.807) is 36.4 Å². The van der Waals surface area contributed by atoms with Crippen molar-refractivity contribution in [1.82, 2.24) is 23.7 Å². The first-order chi connectivity index (χ1) is 19.2. The Balaban J connectivity index is 1.28. The number of sulfonamides is 1. The van der Waals surface area contributed by atoms with Gasteiger partial charge in [0.15, 0.2) is 10.1 Å². The van der Waals surface area contributed by atoms with Gasteiger partial charge in [0.05, 0.1) is 29.2 Å². The van der Waals surface area contributed by atoms with E-state index in [0.29, 0.717) is 39.1 Å². The van der Waals surface area contributed by atoms with Gasteiger partial charge in [0.1, 0.15) is 5.54 Å². The van der Waals surface area contributed by atoms with Gasteiger partial charge in [-0.2, -0.15) is 22.7 Å². The minimum absolute atomic E-state index is 0.0221. The molecule has 1 amide bonds. The highest BCUT2D eigenvalue weighted by atomic mass is 32.2. The van der Waals surface area contributed by atoms with Gasteiger partial charge in [-0.05, 0) is 63.7 Å². The highest BCUT2D eigenvalue weighted by Gasteiger charge is 2.49. The van der Waals surface area contributed by atoms with Crippen molar-refractivity contribution in [2.45, 2.75) is 49.9 Å². The summed E-state index contributed by atoms with van der Waals surface area (Å²) < 4.78 is 69.1. The molecule has 1 aromatic heterocycles. The molecular weight excluding hydrogens is 579 g/mol. The molecule has 1 aromatic carbocycles. The topological polar surface area (TPSA) is 106 Å². The number of halogens is 3. The first kappa shape index (κ1) is 30.9. The van der Waals surface area contributed by atoms with Gasteiger partial charge in [-0.25, -0.2) is 13.4 Å². The summed E-state index contributed by atoms with van der Waals surface area (Å²) in [6, 6.07) is 4.70. The van der Waals surface area contributed by atoms with Crippen LogP contribution in [0, 0.1) is 11.3 Å². The quantitative estimate of drug-likeness (QED) is 0.315. The van der Waals surface area contributed by atoms with Crippen LogP contribution in [-0.4, -0.2) is 87.9 Å². The van der Waals surface area contributed by atoms with Crippen molar-refractivity contribution in [3.63, 3.8) is 0 Å². The van der Waals surface area contributed by atoms with Crippen LogP contribution in [-0.2, 0) is 28.0 Å². The molecule has 0 saturated carbocycles. The SMILES string of the molecule is Cn1cnc(S(=O)(=O)N2CCN(CCCCCN3C(=S)N(c4ccc(C#N)c(C(F)(F)F)c4)C(=O)C3(C)C)CC2)c1. The van der Waals surface area contributed by atoms with Gasteiger partial charge in [-0.1, -0.05) is 6.42 Å². The van der Waals surface area contributed by atoms with Crippen LogP contribution < -0.4 is 4.90 Å². The number of nitrogens with zero attached hydrogens (tertiary/aromatic N) is 7. The number of thiocarbonyl (C=S) groups is 1. The van der Waals surface area contributed by atoms with Gasteiger partial charge < -0.3 is 14.4 Å². The van der Waals surface area contributed by atoms with Crippen molar-refractivity contribution in [3.8, 4) is 6.07 Å². The number of amides is 1. The maximum atomic E-state index is 13.5. The number of aromatic nitrogens is 2. The molecule has 0 atom stereocenters. The third-order valence-corrected chi connectivity index (χ3v) is 9.67. The molecule has 2 aromatic rings. The zero-order chi connectivity index (χ0) is 30.2. The Morgan fingerprint density at radius 1 is 1.10 bits per heavy atom. The summed E-state index contributed by atoms with van der Waals surface area (Å²) in [5.74, 6) is -0.432. The van der Waals surface area contributed by atoms with E-state index in [2.05, 4.69) is 9.88 Å². The molecular formula is C26H32F3N7O3S2. The van der Waals surface area contributed by atoms with Crippen LogP contribution in [0.15, 0.2) is 35.7 Å². The summed E-state index contributed by atoms with van der Waals surface area (Å²) in [7, 11) is -1.89. The van der Waals surface area contributed by atoms with Crippen LogP contribution in [0.2, 0.25) is 0 Å². The van der Waals surface area contributed by atoms with Crippen LogP contribution in [0.25, 0.3) is 0 Å². The Bertz CT molecular complexity index is 1460. The van der Waals surface area contributed by atoms with Crippen molar-refractivity contribution in [2.75, 3.05) is 44.2 Å². The summed E-state index contributed by atoms with van der Waals surface area (Å²) in [4.78, 5) is 22.3. The van der Waals surface area contributed by atoms with Gasteiger partial charge in [0.2, 0.25) is 0 Å². The zero-order valence-corrected chi connectivity index (χ0v) is 24.7. The molecule has 3 heterocycles. The predicted octanol–water partition coefficient (Wildman–Crippen LogP) is 3.20. The molecule has 222 valence electrons. The first-order valence-corrected chi connectivity index (χ1v) is 15.0. The molecule has 2 aliphatic heterocycles. The van der Waals surface area contributed by atoms with Crippen LogP contribution in [0.3, 0.4) is 0 Å². The lowest BCUT2D eigenvalue weighted by Crippen LogP contribution is -2.48. The Kier molecular flexibility index (Phi) is 8.79. The van der Waals surface area contributed by atoms with Crippen LogP contribution in [0.5, 0.6) is 0 Å². The summed E-state index contributed by atoms with van der Waals surface area (Å²) >= 11 is 5.54. The third kappa shape index (κ3) is 6.25. The molecule has 0 bridgehead atoms. The Morgan fingerprint density at radius 2 is 1.76 bits per heavy atom. The Morgan fingerprint density at radius 3 is 2.34 bits per heavy atom. The van der Waals surface area contributed by atoms with Crippen molar-refractivity contribution in [3.05, 3.63) is 41.9 Å². The largest absolute Gasteiger partial charge is 0.417 e. The summed E-state index contributed by atoms with van der Waals surface area (Å²) in [5.41, 5.74) is -2.70. The van der Waals surface area contributed by atoms with Crippen LogP contribution >= 0.6 is 12.2 Å². The average molecular weight is 612 g/mol. The number of rotatable bonds is 9. The Hall–Kier alpha value is -3.06. The van der Waals surface area contributed by atoms with Crippen LogP contribution in [0.4, 0.5) is 18.9 Å². The predicted molar refractivity (Wildman–Crippen MR) is 149 cm³/mol. The van der Waals surface area contributed by atoms with E-state index >= 15 is 0 Å². The number of alkyl halides is 3. The number of carbonyl (C=O) groups is 1. The van der Waals surface area contributed by atoms with Gasteiger partial charge in [-0.15, -0.1) is 0 Å². The molecule has 10 nitrogen and oxygen atoms in total. The summed E-state index contributed by atoms with van der Waals surface area (Å²) in [6.07, 6.45) is 0.594. The first-order valence-electron chi connectivity index (χ1n) is 13.2. The van der Waals surface area contributed by atoms with Gasteiger partial charge in [0.25, 0.3) is 15.9 Å². The fourth-order valence-electron chi connectivity index (χ4n) is 5.07. The molecule has 2 fully saturated rings. The minimum Gasteiger partial charge on any atom is -0.339 e. The number of hydrogen-bond donors (Lipinski definition) is 0. The third-order valence-electron chi connectivity index (χ3n) is 7.48. The highest BCUT2D eigenvalue weighted by molar-refractivity contribution is 7.89. The fourth-order valence-corrected chi connectivity index (χ4v) is 6.97. The number of imidazole rings is 1. The normalized spacial score (nSPS) is 18.8. The number of anilines is 1. The summed E-state index contributed by atoms with van der Waals surface area (Å²) in [6.45, 7) is 6.63. The monoisotopic (exact) mass is 611 g/mol. The molecule has 0 unspecified atom stereocenters. The molecule has 0 aliphatic carbocycles. The highest BCUT2D eigenvalue weighted by Crippen LogP contribution is 2.38. The molecule has 15 heteroatoms. The second-order valence-electron chi connectivity index (χ2n) is 10.7. The standard InChI is InChI=1S/C26H32F3N7O3S2/c1-25(2)23(37)36(20-8-7-19(16-30)21(15-20)26(27,28)29)24(40)35(25)10-6-4-5-9-33-11-13-34(14-12-33)41(38,39)22-17-32(3)18-31-22/h7-8,15,17-18H,4-6,9-14H2,1-3H3. The maximum Gasteiger partial charge on any atom is 0.417 e. The lowest BCUT2D eigenvalue weighted by Gasteiger charge is -2.33. The minimum atomic E-state index is -4.75. The van der Waals surface area contributed by atoms with E-state index in [1.807, 2.05) is 0 Å². The number of unbranched alkanes of at least 4 members (excludes halogenated alkanes) is 2. The second kappa shape index (κ2) is 11.7. The molecule has 0 radical (unpaired) electrons. The zero-order valence-electron chi connectivity index (χ0n) is 23.1. The number of carbonyl (C=O) groups excluding carboxylic acids is 1. The van der Waals surface area contributed by atoms with E-state index in [9.17, 15) is 26.4 Å². The summed E-state index contributed by atoms with van der Waals surface area (Å²) in [5, 5.41) is 9.26. The van der Waals surface area contributed by atoms with Gasteiger partial charge in [0, 0.05) is 46.0 Å². The molecule has 2 aliphatic rings. The van der Waals surface area contributed by atoms with E-state index in [-0.39, 0.29) is 15.8 Å². The molecule has 41 heavy (non-hydrogen) atoms. The van der Waals surface area contributed by atoms with Crippen molar-refractivity contribution < 1.29 is 26.4 Å². The van der Waals surface area contributed by atoms with Crippen LogP contribution in [0.1, 0.15) is 44.2 Å². The molecule has 4 rings (SSSR count). The molecule has 2 saturated heterocycles. The molecule has 0 spiro atoms. The lowest BCUT2D eigenvalue weighted by molar-refractivity contribution is -0.137. The lowest BCUT2D eigenvalue weighted by atomic mass is 10.0. The van der Waals surface area contributed by atoms with Crippen molar-refractivity contribution in [2.24, 2.45) is 7.05 Å². The number of benzene rings is 1. The molecule has 0 N–H and O–H groups in total. The van der Waals surface area contributed by atoms with Crippen molar-refractivity contribution >= 4 is 38.9 Å². The van der Waals surface area contributed by atoms with E-state index in [1.165, 1.54) is 22.9 Å². The fraction of sp³-hybridized carbons (Fsp3) is 0.538. The van der Waals surface area contributed by atoms with Gasteiger partial charge >= 0.3 is 6.18 Å². The number of hydrogen-bond acceptors (Lipinski definition) is 7. The number of piperazine rings is 1. The van der Waals surface area contributed by atoms with Crippen molar-refractivity contribution in [1.29, 1.82) is 5.26 Å². The second-order valence-corrected chi connectivity index (χ2v) is 12.9. The van der Waals surface area contributed by atoms with E-state index in [4.69, 9.17) is 17.5 Å². The Labute approximate surface area is 243 Å². The number of aryl methyl sites for hydroxylation is 1. The van der Waals surface area contributed by atoms with Gasteiger partial charge in [-0.3, -0.25) is 9.69 Å². The number of nitriles is 1. The maximum absolute atomic E-state index is 13.5.